The third-order valence-electron chi connectivity index (χ3n) is 5.24. The van der Waals surface area contributed by atoms with Gasteiger partial charge in [0.2, 0.25) is 17.7 Å². The van der Waals surface area contributed by atoms with E-state index in [0.29, 0.717) is 12.0 Å². The van der Waals surface area contributed by atoms with Gasteiger partial charge >= 0.3 is 11.9 Å². The molecule has 0 heterocycles. The van der Waals surface area contributed by atoms with Crippen molar-refractivity contribution >= 4 is 29.7 Å². The molecule has 3 amide bonds. The highest BCUT2D eigenvalue weighted by molar-refractivity contribution is 5.95. The van der Waals surface area contributed by atoms with E-state index >= 15 is 0 Å². The first-order chi connectivity index (χ1) is 16.0. The molecule has 188 valence electrons. The average Bonchev–Trinajstić information content (AvgIpc) is 2.79. The molecule has 12 heteroatoms. The summed E-state index contributed by atoms with van der Waals surface area (Å²) in [5, 5.41) is 34.8. The minimum atomic E-state index is -1.49. The smallest absolute Gasteiger partial charge is 0.326 e. The number of nitrogens with one attached hydrogen (secondary N) is 3. The van der Waals surface area contributed by atoms with E-state index in [9.17, 15) is 34.2 Å². The van der Waals surface area contributed by atoms with E-state index < -0.39 is 72.8 Å². The number of hydrogen-bond acceptors (Lipinski definition) is 7. The Morgan fingerprint density at radius 3 is 2.00 bits per heavy atom. The van der Waals surface area contributed by atoms with Crippen molar-refractivity contribution in [3.05, 3.63) is 35.9 Å². The summed E-state index contributed by atoms with van der Waals surface area (Å²) in [4.78, 5) is 60.0. The fourth-order valence-electron chi connectivity index (χ4n) is 3.02. The molecule has 12 nitrogen and oxygen atoms in total. The highest BCUT2D eigenvalue weighted by Gasteiger charge is 2.32. The zero-order valence-corrected chi connectivity index (χ0v) is 19.1. The van der Waals surface area contributed by atoms with Crippen LogP contribution in [0.15, 0.2) is 30.3 Å². The number of carboxylic acid groups (broad SMARTS) is 2. The summed E-state index contributed by atoms with van der Waals surface area (Å²) in [6, 6.07) is 3.35. The molecule has 1 aromatic rings. The Kier molecular flexibility index (Phi) is 11.7. The molecule has 8 N–H and O–H groups in total. The molecular formula is C22H32N4O8. The van der Waals surface area contributed by atoms with E-state index in [2.05, 4.69) is 16.0 Å². The molecule has 1 rings (SSSR count). The van der Waals surface area contributed by atoms with Gasteiger partial charge in [0.15, 0.2) is 0 Å². The number of aliphatic carboxylic acids is 2. The molecule has 0 aliphatic rings. The molecule has 5 unspecified atom stereocenters. The zero-order chi connectivity index (χ0) is 25.8. The van der Waals surface area contributed by atoms with E-state index in [1.165, 1.54) is 0 Å². The summed E-state index contributed by atoms with van der Waals surface area (Å²) in [5.41, 5.74) is 6.16. The lowest BCUT2D eigenvalue weighted by Gasteiger charge is -2.27. The van der Waals surface area contributed by atoms with Gasteiger partial charge in [-0.2, -0.15) is 0 Å². The number of amides is 3. The summed E-state index contributed by atoms with van der Waals surface area (Å²) >= 11 is 0. The van der Waals surface area contributed by atoms with Crippen LogP contribution in [0, 0.1) is 5.92 Å². The van der Waals surface area contributed by atoms with Crippen molar-refractivity contribution in [2.24, 2.45) is 11.7 Å². The van der Waals surface area contributed by atoms with Crippen LogP contribution in [0.3, 0.4) is 0 Å². The fraction of sp³-hybridized carbons (Fsp3) is 0.500. The molecule has 0 fully saturated rings. The molecule has 0 bridgehead atoms. The van der Waals surface area contributed by atoms with E-state index in [-0.39, 0.29) is 6.42 Å². The second kappa shape index (κ2) is 13.9. The van der Waals surface area contributed by atoms with Gasteiger partial charge in [0.05, 0.1) is 19.1 Å². The van der Waals surface area contributed by atoms with Gasteiger partial charge in [-0.3, -0.25) is 19.2 Å². The second-order valence-electron chi connectivity index (χ2n) is 7.91. The van der Waals surface area contributed by atoms with Gasteiger partial charge in [0.25, 0.3) is 0 Å². The quantitative estimate of drug-likeness (QED) is 0.167. The molecule has 0 aliphatic carbocycles. The normalized spacial score (nSPS) is 15.2. The molecule has 0 saturated heterocycles. The first kappa shape index (κ1) is 28.5. The van der Waals surface area contributed by atoms with Gasteiger partial charge in [-0.15, -0.1) is 0 Å². The Morgan fingerprint density at radius 1 is 0.912 bits per heavy atom. The summed E-state index contributed by atoms with van der Waals surface area (Å²) in [6.07, 6.45) is -0.199. The van der Waals surface area contributed by atoms with E-state index in [4.69, 9.17) is 10.8 Å². The summed E-state index contributed by atoms with van der Waals surface area (Å²) in [6.45, 7) is 2.61. The zero-order valence-electron chi connectivity index (χ0n) is 19.1. The Labute approximate surface area is 196 Å². The number of nitrogens with two attached hydrogens (primary N) is 1. The van der Waals surface area contributed by atoms with Crippen molar-refractivity contribution < 1.29 is 39.3 Å². The molecule has 0 saturated carbocycles. The van der Waals surface area contributed by atoms with Gasteiger partial charge in [-0.25, -0.2) is 4.79 Å². The predicted molar refractivity (Wildman–Crippen MR) is 120 cm³/mol. The SMILES string of the molecule is CCC(C)C(NC(=O)C(CO)NC(=O)C(N)CC(=O)O)C(=O)NC(Cc1ccccc1)C(=O)O. The van der Waals surface area contributed by atoms with Crippen molar-refractivity contribution in [2.75, 3.05) is 6.61 Å². The van der Waals surface area contributed by atoms with Crippen LogP contribution in [0.2, 0.25) is 0 Å². The van der Waals surface area contributed by atoms with Gasteiger partial charge < -0.3 is 37.0 Å². The van der Waals surface area contributed by atoms with E-state index in [1.807, 2.05) is 0 Å². The average molecular weight is 481 g/mol. The van der Waals surface area contributed by atoms with Crippen molar-refractivity contribution in [3.63, 3.8) is 0 Å². The minimum Gasteiger partial charge on any atom is -0.481 e. The lowest BCUT2D eigenvalue weighted by atomic mass is 9.97. The number of hydrogen-bond donors (Lipinski definition) is 7. The molecular weight excluding hydrogens is 448 g/mol. The van der Waals surface area contributed by atoms with Crippen LogP contribution in [-0.4, -0.2) is 75.8 Å². The van der Waals surface area contributed by atoms with Crippen molar-refractivity contribution in [3.8, 4) is 0 Å². The van der Waals surface area contributed by atoms with Crippen molar-refractivity contribution in [2.45, 2.75) is 57.3 Å². The number of aliphatic hydroxyl groups is 1. The lowest BCUT2D eigenvalue weighted by Crippen LogP contribution is -2.59. The van der Waals surface area contributed by atoms with Gasteiger partial charge in [0, 0.05) is 6.42 Å². The predicted octanol–water partition coefficient (Wildman–Crippen LogP) is -1.39. The van der Waals surface area contributed by atoms with Crippen LogP contribution >= 0.6 is 0 Å². The first-order valence-corrected chi connectivity index (χ1v) is 10.8. The highest BCUT2D eigenvalue weighted by Crippen LogP contribution is 2.10. The van der Waals surface area contributed by atoms with Gasteiger partial charge in [-0.05, 0) is 11.5 Å². The Balaban J connectivity index is 2.92. The van der Waals surface area contributed by atoms with Gasteiger partial charge in [-0.1, -0.05) is 50.6 Å². The van der Waals surface area contributed by atoms with E-state index in [1.54, 1.807) is 44.2 Å². The number of carbonyl (C=O) groups is 5. The maximum Gasteiger partial charge on any atom is 0.326 e. The topological polar surface area (TPSA) is 208 Å². The number of rotatable bonds is 14. The number of carbonyl (C=O) groups excluding carboxylic acids is 3. The molecule has 0 aliphatic heterocycles. The number of carboxylic acids is 2. The summed E-state index contributed by atoms with van der Waals surface area (Å²) in [7, 11) is 0. The van der Waals surface area contributed by atoms with Crippen molar-refractivity contribution in [1.82, 2.24) is 16.0 Å². The third kappa shape index (κ3) is 9.16. The van der Waals surface area contributed by atoms with Gasteiger partial charge in [0.1, 0.15) is 18.1 Å². The Bertz CT molecular complexity index is 864. The molecule has 0 aromatic heterocycles. The maximum atomic E-state index is 12.9. The van der Waals surface area contributed by atoms with Crippen LogP contribution < -0.4 is 21.7 Å². The Morgan fingerprint density at radius 2 is 1.50 bits per heavy atom. The summed E-state index contributed by atoms with van der Waals surface area (Å²) in [5.74, 6) is -5.59. The molecule has 0 radical (unpaired) electrons. The monoisotopic (exact) mass is 480 g/mol. The fourth-order valence-corrected chi connectivity index (χ4v) is 3.02. The second-order valence-corrected chi connectivity index (χ2v) is 7.91. The van der Waals surface area contributed by atoms with Crippen LogP contribution in [-0.2, 0) is 30.4 Å². The lowest BCUT2D eigenvalue weighted by molar-refractivity contribution is -0.142. The number of benzene rings is 1. The largest absolute Gasteiger partial charge is 0.481 e. The molecule has 34 heavy (non-hydrogen) atoms. The Hall–Kier alpha value is -3.51. The molecule has 0 spiro atoms. The molecule has 5 atom stereocenters. The third-order valence-corrected chi connectivity index (χ3v) is 5.24. The maximum absolute atomic E-state index is 12.9. The first-order valence-electron chi connectivity index (χ1n) is 10.8. The highest BCUT2D eigenvalue weighted by atomic mass is 16.4. The van der Waals surface area contributed by atoms with Crippen LogP contribution in [0.5, 0.6) is 0 Å². The summed E-state index contributed by atoms with van der Waals surface area (Å²) < 4.78 is 0. The standard InChI is InChI=1S/C22H32N4O8/c1-3-12(2)18(21(32)24-15(22(33)34)9-13-7-5-4-6-8-13)26-20(31)16(11-27)25-19(30)14(23)10-17(28)29/h4-8,12,14-16,18,27H,3,9-11,23H2,1-2H3,(H,24,32)(H,25,30)(H,26,31)(H,28,29)(H,33,34). The minimum absolute atomic E-state index is 0.0277. The van der Waals surface area contributed by atoms with Crippen LogP contribution in [0.25, 0.3) is 0 Å². The molecule has 1 aromatic carbocycles. The van der Waals surface area contributed by atoms with Crippen LogP contribution in [0.1, 0.15) is 32.3 Å². The van der Waals surface area contributed by atoms with E-state index in [0.717, 1.165) is 0 Å². The number of aliphatic hydroxyl groups excluding tert-OH is 1. The van der Waals surface area contributed by atoms with Crippen molar-refractivity contribution in [1.29, 1.82) is 0 Å². The van der Waals surface area contributed by atoms with Crippen LogP contribution in [0.4, 0.5) is 0 Å².